The highest BCUT2D eigenvalue weighted by molar-refractivity contribution is 7.33. The van der Waals surface area contributed by atoms with Gasteiger partial charge in [0.2, 0.25) is 0 Å². The SMILES string of the molecule is CCCCCCCCCCCO.CCO[P+](=O)OCC. The number of aliphatic hydroxyl groups excluding tert-OH is 1. The summed E-state index contributed by atoms with van der Waals surface area (Å²) in [5, 5.41) is 8.54. The zero-order chi connectivity index (χ0) is 15.5. The average molecular weight is 309 g/mol. The van der Waals surface area contributed by atoms with Gasteiger partial charge in [-0.15, -0.1) is 9.05 Å². The van der Waals surface area contributed by atoms with Gasteiger partial charge < -0.3 is 5.11 Å². The maximum Gasteiger partial charge on any atom is 0.697 e. The molecule has 0 aliphatic carbocycles. The molecule has 0 heterocycles. The van der Waals surface area contributed by atoms with Crippen molar-refractivity contribution in [2.45, 2.75) is 78.6 Å². The van der Waals surface area contributed by atoms with Crippen LogP contribution in [0.5, 0.6) is 0 Å². The summed E-state index contributed by atoms with van der Waals surface area (Å²) >= 11 is 0. The van der Waals surface area contributed by atoms with Crippen molar-refractivity contribution in [2.24, 2.45) is 0 Å². The highest BCUT2D eigenvalue weighted by atomic mass is 31.1. The molecule has 0 fully saturated rings. The minimum absolute atomic E-state index is 0.371. The van der Waals surface area contributed by atoms with Crippen molar-refractivity contribution in [2.75, 3.05) is 19.8 Å². The quantitative estimate of drug-likeness (QED) is 0.374. The normalized spacial score (nSPS) is 10.0. The molecule has 0 aromatic rings. The third kappa shape index (κ3) is 23.1. The molecule has 0 saturated carbocycles. The van der Waals surface area contributed by atoms with E-state index in [1.807, 2.05) is 0 Å². The zero-order valence-corrected chi connectivity index (χ0v) is 14.5. The van der Waals surface area contributed by atoms with Gasteiger partial charge >= 0.3 is 8.25 Å². The fourth-order valence-electron chi connectivity index (χ4n) is 1.67. The van der Waals surface area contributed by atoms with E-state index in [1.54, 1.807) is 13.8 Å². The minimum Gasteiger partial charge on any atom is -0.396 e. The van der Waals surface area contributed by atoms with Gasteiger partial charge in [-0.3, -0.25) is 0 Å². The van der Waals surface area contributed by atoms with Crippen LogP contribution in [0.1, 0.15) is 78.6 Å². The third-order valence-electron chi connectivity index (χ3n) is 2.73. The number of aliphatic hydroxyl groups is 1. The fourth-order valence-corrected chi connectivity index (χ4v) is 2.17. The molecule has 20 heavy (non-hydrogen) atoms. The number of hydrogen-bond donors (Lipinski definition) is 1. The topological polar surface area (TPSA) is 55.8 Å². The van der Waals surface area contributed by atoms with Crippen LogP contribution in [0.4, 0.5) is 0 Å². The second kappa shape index (κ2) is 21.3. The van der Waals surface area contributed by atoms with E-state index in [-0.39, 0.29) is 0 Å². The predicted octanol–water partition coefficient (Wildman–Crippen LogP) is 5.23. The highest BCUT2D eigenvalue weighted by Crippen LogP contribution is 2.21. The summed E-state index contributed by atoms with van der Waals surface area (Å²) in [6.45, 7) is 7.04. The molecular weight excluding hydrogens is 275 g/mol. The van der Waals surface area contributed by atoms with E-state index in [4.69, 9.17) is 5.11 Å². The predicted molar refractivity (Wildman–Crippen MR) is 85.2 cm³/mol. The van der Waals surface area contributed by atoms with Crippen LogP contribution in [0, 0.1) is 0 Å². The number of hydrogen-bond acceptors (Lipinski definition) is 4. The first kappa shape index (κ1) is 22.3. The summed E-state index contributed by atoms with van der Waals surface area (Å²) in [7, 11) is -1.83. The Morgan fingerprint density at radius 2 is 1.15 bits per heavy atom. The van der Waals surface area contributed by atoms with Crippen LogP contribution < -0.4 is 0 Å². The lowest BCUT2D eigenvalue weighted by molar-refractivity contribution is 0.243. The molecule has 0 amide bonds. The Kier molecular flexibility index (Phi) is 23.7. The van der Waals surface area contributed by atoms with E-state index in [9.17, 15) is 4.57 Å². The first-order valence-corrected chi connectivity index (χ1v) is 9.16. The van der Waals surface area contributed by atoms with E-state index in [2.05, 4.69) is 16.0 Å². The van der Waals surface area contributed by atoms with Gasteiger partial charge in [0, 0.05) is 11.2 Å². The zero-order valence-electron chi connectivity index (χ0n) is 13.6. The molecule has 5 heteroatoms. The second-order valence-electron chi connectivity index (χ2n) is 4.61. The largest absolute Gasteiger partial charge is 0.697 e. The first-order chi connectivity index (χ1) is 9.72. The van der Waals surface area contributed by atoms with Gasteiger partial charge in [0.15, 0.2) is 0 Å². The van der Waals surface area contributed by atoms with Crippen LogP contribution in [0.25, 0.3) is 0 Å². The van der Waals surface area contributed by atoms with Crippen LogP contribution >= 0.6 is 8.25 Å². The van der Waals surface area contributed by atoms with Crippen molar-refractivity contribution in [1.82, 2.24) is 0 Å². The van der Waals surface area contributed by atoms with Crippen molar-refractivity contribution >= 4 is 8.25 Å². The monoisotopic (exact) mass is 309 g/mol. The van der Waals surface area contributed by atoms with Gasteiger partial charge in [0.25, 0.3) is 0 Å². The third-order valence-corrected chi connectivity index (χ3v) is 3.67. The molecule has 0 radical (unpaired) electrons. The van der Waals surface area contributed by atoms with E-state index in [1.165, 1.54) is 51.4 Å². The molecule has 1 N–H and O–H groups in total. The lowest BCUT2D eigenvalue weighted by Crippen LogP contribution is -1.84. The smallest absolute Gasteiger partial charge is 0.396 e. The molecule has 0 aliphatic rings. The summed E-state index contributed by atoms with van der Waals surface area (Å²) < 4.78 is 19.5. The van der Waals surface area contributed by atoms with Gasteiger partial charge in [-0.2, -0.15) is 0 Å². The van der Waals surface area contributed by atoms with Crippen molar-refractivity contribution < 1.29 is 18.7 Å². The van der Waals surface area contributed by atoms with Crippen LogP contribution in [0.15, 0.2) is 0 Å². The van der Waals surface area contributed by atoms with Gasteiger partial charge in [0.05, 0.1) is 0 Å². The molecule has 0 aromatic carbocycles. The molecule has 122 valence electrons. The van der Waals surface area contributed by atoms with Crippen molar-refractivity contribution in [1.29, 1.82) is 0 Å². The maximum atomic E-state index is 10.3. The molecule has 0 aliphatic heterocycles. The summed E-state index contributed by atoms with van der Waals surface area (Å²) in [6, 6.07) is 0. The van der Waals surface area contributed by atoms with E-state index in [0.717, 1.165) is 6.42 Å². The molecule has 0 aromatic heterocycles. The van der Waals surface area contributed by atoms with Crippen LogP contribution in [-0.2, 0) is 13.6 Å². The van der Waals surface area contributed by atoms with Gasteiger partial charge in [-0.05, 0) is 20.3 Å². The Morgan fingerprint density at radius 1 is 0.750 bits per heavy atom. The van der Waals surface area contributed by atoms with E-state index in [0.29, 0.717) is 19.8 Å². The molecular formula is C15H34O4P+. The van der Waals surface area contributed by atoms with Crippen LogP contribution in [0.3, 0.4) is 0 Å². The number of unbranched alkanes of at least 4 members (excludes halogenated alkanes) is 8. The molecule has 0 spiro atoms. The van der Waals surface area contributed by atoms with Gasteiger partial charge in [-0.1, -0.05) is 58.3 Å². The van der Waals surface area contributed by atoms with E-state index >= 15 is 0 Å². The molecule has 0 atom stereocenters. The summed E-state index contributed by atoms with van der Waals surface area (Å²) in [5.74, 6) is 0. The second-order valence-corrected chi connectivity index (χ2v) is 5.57. The Balaban J connectivity index is 0. The van der Waals surface area contributed by atoms with Gasteiger partial charge in [0.1, 0.15) is 13.2 Å². The molecule has 0 saturated heterocycles. The standard InChI is InChI=1S/C11H24O.C4H10O3P/c1-2-3-4-5-6-7-8-9-10-11-12;1-3-6-8(5)7-4-2/h12H,2-11H2,1H3;3-4H2,1-2H3/q;+1. The lowest BCUT2D eigenvalue weighted by atomic mass is 10.1. The summed E-state index contributed by atoms with van der Waals surface area (Å²) in [4.78, 5) is 0. The maximum absolute atomic E-state index is 10.3. The average Bonchev–Trinajstić information content (AvgIpc) is 2.43. The van der Waals surface area contributed by atoms with Crippen LogP contribution in [-0.4, -0.2) is 24.9 Å². The Bertz CT molecular complexity index is 171. The van der Waals surface area contributed by atoms with Crippen molar-refractivity contribution in [3.8, 4) is 0 Å². The Labute approximate surface area is 126 Å². The van der Waals surface area contributed by atoms with Crippen molar-refractivity contribution in [3.63, 3.8) is 0 Å². The highest BCUT2D eigenvalue weighted by Gasteiger charge is 2.15. The Morgan fingerprint density at radius 3 is 1.50 bits per heavy atom. The van der Waals surface area contributed by atoms with Crippen LogP contribution in [0.2, 0.25) is 0 Å². The first-order valence-electron chi connectivity index (χ1n) is 8.06. The Hall–Kier alpha value is -0.0200. The summed E-state index contributed by atoms with van der Waals surface area (Å²) in [5.41, 5.74) is 0. The minimum atomic E-state index is -1.83. The molecule has 0 rings (SSSR count). The lowest BCUT2D eigenvalue weighted by Gasteiger charge is -1.99. The van der Waals surface area contributed by atoms with Gasteiger partial charge in [-0.25, -0.2) is 0 Å². The van der Waals surface area contributed by atoms with E-state index < -0.39 is 8.25 Å². The molecule has 0 unspecified atom stereocenters. The molecule has 0 bridgehead atoms. The van der Waals surface area contributed by atoms with Crippen molar-refractivity contribution in [3.05, 3.63) is 0 Å². The summed E-state index contributed by atoms with van der Waals surface area (Å²) in [6.07, 6.45) is 11.8. The number of rotatable bonds is 13. The fraction of sp³-hybridized carbons (Fsp3) is 1.00. The molecule has 4 nitrogen and oxygen atoms in total.